The van der Waals surface area contributed by atoms with E-state index in [1.54, 1.807) is 6.92 Å². The molecule has 1 aliphatic carbocycles. The first-order valence-electron chi connectivity index (χ1n) is 12.0. The first-order valence-corrected chi connectivity index (χ1v) is 12.0. The summed E-state index contributed by atoms with van der Waals surface area (Å²) in [4.78, 5) is 38.3. The number of ketones is 2. The number of methoxy groups -OCH3 is 2. The Morgan fingerprint density at radius 2 is 1.56 bits per heavy atom. The number of hydrogen-bond acceptors (Lipinski definition) is 13. The molecule has 0 amide bonds. The lowest BCUT2D eigenvalue weighted by Gasteiger charge is -2.44. The van der Waals surface area contributed by atoms with E-state index in [-0.39, 0.29) is 23.3 Å². The van der Waals surface area contributed by atoms with Gasteiger partial charge < -0.3 is 49.2 Å². The lowest BCUT2D eigenvalue weighted by molar-refractivity contribution is -0.263. The molecule has 39 heavy (non-hydrogen) atoms. The van der Waals surface area contributed by atoms with Crippen molar-refractivity contribution in [3.63, 3.8) is 0 Å². The van der Waals surface area contributed by atoms with E-state index in [1.807, 2.05) is 0 Å². The summed E-state index contributed by atoms with van der Waals surface area (Å²) >= 11 is 0. The molecule has 4 unspecified atom stereocenters. The molecule has 6 rings (SSSR count). The van der Waals surface area contributed by atoms with Crippen LogP contribution in [0.4, 0.5) is 0 Å². The summed E-state index contributed by atoms with van der Waals surface area (Å²) in [5.74, 6) is -8.29. The number of aliphatic hydroxyl groups is 2. The molecule has 3 aliphatic heterocycles. The quantitative estimate of drug-likeness (QED) is 0.265. The number of carbonyl (C=O) groups excluding carboxylic acids is 3. The van der Waals surface area contributed by atoms with Crippen molar-refractivity contribution in [2.45, 2.75) is 56.1 Å². The summed E-state index contributed by atoms with van der Waals surface area (Å²) < 4.78 is 27.4. The van der Waals surface area contributed by atoms with Gasteiger partial charge in [-0.05, 0) is 18.6 Å². The first kappa shape index (κ1) is 25.4. The minimum atomic E-state index is -2.56. The van der Waals surface area contributed by atoms with Gasteiger partial charge >= 0.3 is 11.8 Å². The second kappa shape index (κ2) is 8.29. The van der Waals surface area contributed by atoms with Gasteiger partial charge in [-0.3, -0.25) is 9.59 Å². The van der Waals surface area contributed by atoms with Crippen LogP contribution in [0.2, 0.25) is 0 Å². The molecule has 1 spiro atoms. The van der Waals surface area contributed by atoms with Gasteiger partial charge in [0.05, 0.1) is 16.7 Å². The standard InChI is InChI=1S/C26H24O13/c1-7-4-8-5-9-20(18(30)12(8)25(34)37-7)38-26(24(33)21(9)36-3)23(32)15-17(29)13-10(27)6-11(35-2)16(28)14(13)19(31)22(15)39-26/h5,7,11,21,23-24,29-33H,4,6H2,1-3H3/t7?,11?,21?,23?,24-,26-/m0/s1. The van der Waals surface area contributed by atoms with Crippen molar-refractivity contribution in [1.82, 2.24) is 0 Å². The number of rotatable bonds is 2. The lowest BCUT2D eigenvalue weighted by atomic mass is 9.82. The van der Waals surface area contributed by atoms with Gasteiger partial charge in [0.1, 0.15) is 29.6 Å². The highest BCUT2D eigenvalue weighted by atomic mass is 16.7. The lowest BCUT2D eigenvalue weighted by Crippen LogP contribution is -2.59. The van der Waals surface area contributed by atoms with Gasteiger partial charge in [-0.2, -0.15) is 0 Å². The van der Waals surface area contributed by atoms with Crippen molar-refractivity contribution >= 4 is 17.5 Å². The Morgan fingerprint density at radius 3 is 2.23 bits per heavy atom. The van der Waals surface area contributed by atoms with E-state index in [1.165, 1.54) is 20.3 Å². The predicted molar refractivity (Wildman–Crippen MR) is 125 cm³/mol. The van der Waals surface area contributed by atoms with Gasteiger partial charge in [-0.15, -0.1) is 0 Å². The van der Waals surface area contributed by atoms with Gasteiger partial charge in [-0.25, -0.2) is 4.79 Å². The number of carbonyl (C=O) groups is 3. The molecule has 0 fully saturated rings. The summed E-state index contributed by atoms with van der Waals surface area (Å²) in [6.45, 7) is 1.67. The van der Waals surface area contributed by atoms with Crippen LogP contribution in [0, 0.1) is 0 Å². The second-order valence-corrected chi connectivity index (χ2v) is 9.93. The van der Waals surface area contributed by atoms with E-state index in [0.29, 0.717) is 5.56 Å². The Bertz CT molecular complexity index is 1480. The minimum absolute atomic E-state index is 0.140. The third-order valence-corrected chi connectivity index (χ3v) is 7.73. The number of ether oxygens (including phenoxy) is 5. The summed E-state index contributed by atoms with van der Waals surface area (Å²) in [6.07, 6.45) is -7.07. The zero-order chi connectivity index (χ0) is 28.1. The number of phenolic OH excluding ortho intramolecular Hbond substituents is 3. The average molecular weight is 544 g/mol. The van der Waals surface area contributed by atoms with Crippen LogP contribution < -0.4 is 9.47 Å². The van der Waals surface area contributed by atoms with Crippen molar-refractivity contribution in [3.05, 3.63) is 39.4 Å². The highest BCUT2D eigenvalue weighted by Crippen LogP contribution is 2.61. The summed E-state index contributed by atoms with van der Waals surface area (Å²) in [5.41, 5.74) is -1.24. The van der Waals surface area contributed by atoms with E-state index >= 15 is 0 Å². The van der Waals surface area contributed by atoms with Crippen molar-refractivity contribution in [2.75, 3.05) is 14.2 Å². The number of fused-ring (bicyclic) bond motifs is 4. The van der Waals surface area contributed by atoms with Crippen LogP contribution in [0.25, 0.3) is 0 Å². The van der Waals surface area contributed by atoms with Gasteiger partial charge in [0.15, 0.2) is 46.8 Å². The molecule has 0 radical (unpaired) electrons. The molecular formula is C26H24O13. The SMILES string of the molecule is COC1CC(=O)c2c(O)c3c(c(O)c2C1=O)O[C@@]1(Oc2c(cc4c(c2O)C(=O)OC(C)C4)C(OC)[C@@H]1O)C3O. The molecule has 13 heteroatoms. The molecule has 0 saturated heterocycles. The first-order chi connectivity index (χ1) is 18.5. The van der Waals surface area contributed by atoms with E-state index in [4.69, 9.17) is 23.7 Å². The molecule has 0 saturated carbocycles. The summed E-state index contributed by atoms with van der Waals surface area (Å²) in [5, 5.41) is 56.0. The molecule has 2 aromatic carbocycles. The Kier molecular flexibility index (Phi) is 5.40. The molecule has 0 aromatic heterocycles. The van der Waals surface area contributed by atoms with Crippen LogP contribution in [0.3, 0.4) is 0 Å². The number of aliphatic hydroxyl groups excluding tert-OH is 2. The fourth-order valence-electron chi connectivity index (χ4n) is 5.90. The van der Waals surface area contributed by atoms with Crippen LogP contribution in [0.15, 0.2) is 6.07 Å². The van der Waals surface area contributed by atoms with E-state index < -0.39 is 100.0 Å². The number of hydrogen-bond donors (Lipinski definition) is 5. The number of benzene rings is 2. The Balaban J connectivity index is 1.54. The van der Waals surface area contributed by atoms with Gasteiger partial charge in [0.25, 0.3) is 0 Å². The van der Waals surface area contributed by atoms with E-state index in [9.17, 15) is 39.9 Å². The summed E-state index contributed by atoms with van der Waals surface area (Å²) in [7, 11) is 2.45. The molecule has 5 N–H and O–H groups in total. The zero-order valence-electron chi connectivity index (χ0n) is 20.9. The van der Waals surface area contributed by atoms with Crippen LogP contribution in [0.1, 0.15) is 73.3 Å². The maximum Gasteiger partial charge on any atom is 0.342 e. The number of cyclic esters (lactones) is 1. The van der Waals surface area contributed by atoms with Crippen molar-refractivity contribution < 1.29 is 63.6 Å². The Morgan fingerprint density at radius 1 is 0.897 bits per heavy atom. The zero-order valence-corrected chi connectivity index (χ0v) is 20.9. The van der Waals surface area contributed by atoms with Crippen LogP contribution in [0.5, 0.6) is 28.7 Å². The maximum absolute atomic E-state index is 12.9. The third kappa shape index (κ3) is 3.12. The van der Waals surface area contributed by atoms with Gasteiger partial charge in [0, 0.05) is 32.6 Å². The van der Waals surface area contributed by atoms with Gasteiger partial charge in [0.2, 0.25) is 0 Å². The Hall–Kier alpha value is -3.91. The molecule has 4 aliphatic rings. The summed E-state index contributed by atoms with van der Waals surface area (Å²) in [6, 6.07) is 1.51. The largest absolute Gasteiger partial charge is 0.507 e. The highest BCUT2D eigenvalue weighted by molar-refractivity contribution is 6.19. The smallest absolute Gasteiger partial charge is 0.342 e. The molecule has 206 valence electrons. The minimum Gasteiger partial charge on any atom is -0.507 e. The van der Waals surface area contributed by atoms with Crippen molar-refractivity contribution in [3.8, 4) is 28.7 Å². The number of Topliss-reactive ketones (excluding diaryl/α,β-unsaturated/α-hetero) is 2. The average Bonchev–Trinajstić information content (AvgIpc) is 3.18. The Labute approximate surface area is 220 Å². The normalized spacial score (nSPS) is 30.6. The van der Waals surface area contributed by atoms with Crippen LogP contribution >= 0.6 is 0 Å². The van der Waals surface area contributed by atoms with Crippen LogP contribution in [-0.4, -0.2) is 81.4 Å². The fourth-order valence-corrected chi connectivity index (χ4v) is 5.90. The third-order valence-electron chi connectivity index (χ3n) is 7.73. The fraction of sp³-hybridized carbons (Fsp3) is 0.423. The topological polar surface area (TPSA) is 199 Å². The van der Waals surface area contributed by atoms with E-state index in [2.05, 4.69) is 0 Å². The number of aromatic hydroxyl groups is 3. The molecular weight excluding hydrogens is 520 g/mol. The second-order valence-electron chi connectivity index (χ2n) is 9.93. The molecule has 0 bridgehead atoms. The van der Waals surface area contributed by atoms with Crippen molar-refractivity contribution in [2.24, 2.45) is 0 Å². The van der Waals surface area contributed by atoms with E-state index in [0.717, 1.165) is 0 Å². The van der Waals surface area contributed by atoms with Gasteiger partial charge in [-0.1, -0.05) is 0 Å². The van der Waals surface area contributed by atoms with Crippen molar-refractivity contribution in [1.29, 1.82) is 0 Å². The highest BCUT2D eigenvalue weighted by Gasteiger charge is 2.64. The molecule has 6 atom stereocenters. The van der Waals surface area contributed by atoms with Crippen LogP contribution in [-0.2, 0) is 20.6 Å². The molecule has 3 heterocycles. The monoisotopic (exact) mass is 544 g/mol. The maximum atomic E-state index is 12.9. The molecule has 2 aromatic rings. The molecule has 13 nitrogen and oxygen atoms in total. The number of esters is 1. The predicted octanol–water partition coefficient (Wildman–Crippen LogP) is 0.952. The number of phenols is 3.